The summed E-state index contributed by atoms with van der Waals surface area (Å²) in [5, 5.41) is 0. The zero-order chi connectivity index (χ0) is 7.61. The molecule has 2 nitrogen and oxygen atoms in total. The molecule has 0 saturated carbocycles. The van der Waals surface area contributed by atoms with Gasteiger partial charge in [-0.1, -0.05) is 22.9 Å². The van der Waals surface area contributed by atoms with Crippen LogP contribution in [0.25, 0.3) is 0 Å². The van der Waals surface area contributed by atoms with Gasteiger partial charge in [0.1, 0.15) is 0 Å². The van der Waals surface area contributed by atoms with Crippen LogP contribution in [0.1, 0.15) is 20.3 Å². The molecule has 0 bridgehead atoms. The molecular formula is C7H13BrO2. The molecule has 0 aliphatic carbocycles. The van der Waals surface area contributed by atoms with E-state index in [0.29, 0.717) is 0 Å². The lowest BCUT2D eigenvalue weighted by Crippen LogP contribution is -2.37. The number of hydrogen-bond acceptors (Lipinski definition) is 2. The van der Waals surface area contributed by atoms with Crippen LogP contribution in [0.3, 0.4) is 0 Å². The summed E-state index contributed by atoms with van der Waals surface area (Å²) in [5.41, 5.74) is 0. The maximum absolute atomic E-state index is 5.48. The topological polar surface area (TPSA) is 18.5 Å². The van der Waals surface area contributed by atoms with Gasteiger partial charge in [-0.2, -0.15) is 0 Å². The van der Waals surface area contributed by atoms with E-state index in [1.54, 1.807) is 0 Å². The molecule has 1 rings (SSSR count). The molecule has 0 amide bonds. The molecule has 0 aromatic rings. The Balaban J connectivity index is 2.58. The Morgan fingerprint density at radius 1 is 1.50 bits per heavy atom. The minimum Gasteiger partial charge on any atom is -0.346 e. The third-order valence-electron chi connectivity index (χ3n) is 1.87. The SMILES string of the molecule is CCC1(C(C)Br)OCCO1. The first-order valence-electron chi connectivity index (χ1n) is 3.63. The van der Waals surface area contributed by atoms with E-state index in [9.17, 15) is 0 Å². The molecule has 1 aliphatic rings. The lowest BCUT2D eigenvalue weighted by atomic mass is 10.1. The van der Waals surface area contributed by atoms with Crippen molar-refractivity contribution >= 4 is 15.9 Å². The van der Waals surface area contributed by atoms with Gasteiger partial charge in [0.05, 0.1) is 18.0 Å². The summed E-state index contributed by atoms with van der Waals surface area (Å²) in [5.74, 6) is -0.347. The summed E-state index contributed by atoms with van der Waals surface area (Å²) in [6, 6.07) is 0. The Hall–Kier alpha value is 0.400. The van der Waals surface area contributed by atoms with E-state index in [1.165, 1.54) is 0 Å². The van der Waals surface area contributed by atoms with Gasteiger partial charge in [0.25, 0.3) is 0 Å². The standard InChI is InChI=1S/C7H13BrO2/c1-3-7(6(2)8)9-4-5-10-7/h6H,3-5H2,1-2H3. The monoisotopic (exact) mass is 208 g/mol. The summed E-state index contributed by atoms with van der Waals surface area (Å²) in [7, 11) is 0. The third-order valence-corrected chi connectivity index (χ3v) is 2.57. The highest BCUT2D eigenvalue weighted by Gasteiger charge is 2.38. The molecule has 0 spiro atoms. The van der Waals surface area contributed by atoms with Crippen molar-refractivity contribution in [2.75, 3.05) is 13.2 Å². The highest BCUT2D eigenvalue weighted by Crippen LogP contribution is 2.31. The normalized spacial score (nSPS) is 26.7. The predicted octanol–water partition coefficient (Wildman–Crippen LogP) is 1.92. The van der Waals surface area contributed by atoms with Crippen LogP contribution in [0.2, 0.25) is 0 Å². The molecule has 3 heteroatoms. The van der Waals surface area contributed by atoms with Crippen molar-refractivity contribution in [1.82, 2.24) is 0 Å². The minimum absolute atomic E-state index is 0.271. The van der Waals surface area contributed by atoms with Crippen LogP contribution in [-0.4, -0.2) is 23.8 Å². The molecule has 0 aromatic carbocycles. The average molecular weight is 209 g/mol. The van der Waals surface area contributed by atoms with Crippen LogP contribution < -0.4 is 0 Å². The van der Waals surface area contributed by atoms with Gasteiger partial charge in [0.15, 0.2) is 5.79 Å². The molecule has 1 fully saturated rings. The molecule has 0 N–H and O–H groups in total. The Morgan fingerprint density at radius 2 is 2.00 bits per heavy atom. The van der Waals surface area contributed by atoms with Gasteiger partial charge in [-0.15, -0.1) is 0 Å². The van der Waals surface area contributed by atoms with Crippen molar-refractivity contribution in [2.24, 2.45) is 0 Å². The molecule has 1 atom stereocenters. The second kappa shape index (κ2) is 3.20. The fourth-order valence-electron chi connectivity index (χ4n) is 1.19. The molecular weight excluding hydrogens is 196 g/mol. The van der Waals surface area contributed by atoms with Crippen molar-refractivity contribution in [2.45, 2.75) is 30.9 Å². The van der Waals surface area contributed by atoms with Crippen molar-refractivity contribution in [3.8, 4) is 0 Å². The quantitative estimate of drug-likeness (QED) is 0.647. The van der Waals surface area contributed by atoms with Gasteiger partial charge in [-0.25, -0.2) is 0 Å². The van der Waals surface area contributed by atoms with Crippen molar-refractivity contribution in [3.63, 3.8) is 0 Å². The van der Waals surface area contributed by atoms with E-state index in [-0.39, 0.29) is 10.6 Å². The lowest BCUT2D eigenvalue weighted by molar-refractivity contribution is -0.154. The van der Waals surface area contributed by atoms with Crippen molar-refractivity contribution in [3.05, 3.63) is 0 Å². The zero-order valence-electron chi connectivity index (χ0n) is 6.39. The first kappa shape index (κ1) is 8.50. The first-order chi connectivity index (χ1) is 4.71. The van der Waals surface area contributed by atoms with Gasteiger partial charge < -0.3 is 9.47 Å². The zero-order valence-corrected chi connectivity index (χ0v) is 7.98. The number of rotatable bonds is 2. The Labute approximate surface area is 70.0 Å². The van der Waals surface area contributed by atoms with E-state index in [2.05, 4.69) is 29.8 Å². The third kappa shape index (κ3) is 1.36. The van der Waals surface area contributed by atoms with E-state index >= 15 is 0 Å². The molecule has 0 aromatic heterocycles. The smallest absolute Gasteiger partial charge is 0.180 e. The average Bonchev–Trinajstić information content (AvgIpc) is 2.35. The Morgan fingerprint density at radius 3 is 2.20 bits per heavy atom. The maximum atomic E-state index is 5.48. The summed E-state index contributed by atoms with van der Waals surface area (Å²) >= 11 is 3.47. The molecule has 1 saturated heterocycles. The van der Waals surface area contributed by atoms with Gasteiger partial charge >= 0.3 is 0 Å². The van der Waals surface area contributed by atoms with Crippen LogP contribution in [0.4, 0.5) is 0 Å². The van der Waals surface area contributed by atoms with E-state index in [4.69, 9.17) is 9.47 Å². The second-order valence-corrected chi connectivity index (χ2v) is 3.85. The van der Waals surface area contributed by atoms with E-state index in [1.807, 2.05) is 0 Å². The van der Waals surface area contributed by atoms with Gasteiger partial charge in [0, 0.05) is 0 Å². The fraction of sp³-hybridized carbons (Fsp3) is 1.00. The van der Waals surface area contributed by atoms with Crippen LogP contribution in [0.15, 0.2) is 0 Å². The number of halogens is 1. The maximum Gasteiger partial charge on any atom is 0.180 e. The summed E-state index contributed by atoms with van der Waals surface area (Å²) in [6.07, 6.45) is 0.902. The largest absolute Gasteiger partial charge is 0.346 e. The first-order valence-corrected chi connectivity index (χ1v) is 4.55. The summed E-state index contributed by atoms with van der Waals surface area (Å²) < 4.78 is 11.0. The molecule has 0 radical (unpaired) electrons. The molecule has 10 heavy (non-hydrogen) atoms. The highest BCUT2D eigenvalue weighted by atomic mass is 79.9. The molecule has 1 aliphatic heterocycles. The van der Waals surface area contributed by atoms with Crippen molar-refractivity contribution < 1.29 is 9.47 Å². The molecule has 60 valence electrons. The van der Waals surface area contributed by atoms with Gasteiger partial charge in [0.2, 0.25) is 0 Å². The van der Waals surface area contributed by atoms with E-state index in [0.717, 1.165) is 19.6 Å². The lowest BCUT2D eigenvalue weighted by Gasteiger charge is -2.28. The van der Waals surface area contributed by atoms with Gasteiger partial charge in [-0.05, 0) is 13.3 Å². The molecule has 1 heterocycles. The van der Waals surface area contributed by atoms with Crippen LogP contribution in [-0.2, 0) is 9.47 Å². The predicted molar refractivity (Wildman–Crippen MR) is 43.3 cm³/mol. The summed E-state index contributed by atoms with van der Waals surface area (Å²) in [4.78, 5) is 0.271. The van der Waals surface area contributed by atoms with Crippen molar-refractivity contribution in [1.29, 1.82) is 0 Å². The van der Waals surface area contributed by atoms with E-state index < -0.39 is 0 Å². The number of hydrogen-bond donors (Lipinski definition) is 0. The number of ether oxygens (including phenoxy) is 2. The summed E-state index contributed by atoms with van der Waals surface area (Å²) in [6.45, 7) is 5.57. The number of alkyl halides is 1. The second-order valence-electron chi connectivity index (χ2n) is 2.48. The fourth-order valence-corrected chi connectivity index (χ4v) is 1.77. The minimum atomic E-state index is -0.347. The van der Waals surface area contributed by atoms with Crippen LogP contribution in [0, 0.1) is 0 Å². The Kier molecular flexibility index (Phi) is 2.72. The molecule has 1 unspecified atom stereocenters. The van der Waals surface area contributed by atoms with Crippen LogP contribution in [0.5, 0.6) is 0 Å². The van der Waals surface area contributed by atoms with Crippen LogP contribution >= 0.6 is 15.9 Å². The van der Waals surface area contributed by atoms with Gasteiger partial charge in [-0.3, -0.25) is 0 Å². The highest BCUT2D eigenvalue weighted by molar-refractivity contribution is 9.09. The Bertz CT molecular complexity index is 108.